The summed E-state index contributed by atoms with van der Waals surface area (Å²) in [6.07, 6.45) is 16.8. The lowest BCUT2D eigenvalue weighted by molar-refractivity contribution is 0.136. The van der Waals surface area contributed by atoms with Crippen LogP contribution in [0.5, 0.6) is 0 Å². The average molecular weight is 247 g/mol. The molecule has 4 aliphatic carbocycles. The molecule has 4 atom stereocenters. The van der Waals surface area contributed by atoms with Crippen LogP contribution in [-0.2, 0) is 0 Å². The first-order chi connectivity index (χ1) is 8.85. The molecule has 4 saturated carbocycles. The summed E-state index contributed by atoms with van der Waals surface area (Å²) in [6.45, 7) is 0. The molecule has 0 spiro atoms. The summed E-state index contributed by atoms with van der Waals surface area (Å²) >= 11 is 0. The van der Waals surface area contributed by atoms with Gasteiger partial charge in [-0.2, -0.15) is 0 Å². The van der Waals surface area contributed by atoms with Crippen LogP contribution in [0, 0.1) is 23.7 Å². The maximum Gasteiger partial charge on any atom is 0.00749 e. The maximum absolute atomic E-state index is 4.09. The number of hydrogen-bond acceptors (Lipinski definition) is 1. The van der Waals surface area contributed by atoms with Crippen molar-refractivity contribution in [2.24, 2.45) is 23.7 Å². The molecule has 1 heteroatoms. The van der Waals surface area contributed by atoms with Crippen molar-refractivity contribution in [3.05, 3.63) is 0 Å². The molecule has 4 unspecified atom stereocenters. The maximum atomic E-state index is 4.09. The van der Waals surface area contributed by atoms with Gasteiger partial charge >= 0.3 is 0 Å². The second kappa shape index (κ2) is 4.81. The lowest BCUT2D eigenvalue weighted by Gasteiger charge is -2.41. The third-order valence-corrected chi connectivity index (χ3v) is 6.48. The summed E-state index contributed by atoms with van der Waals surface area (Å²) in [7, 11) is 0. The molecule has 102 valence electrons. The van der Waals surface area contributed by atoms with Gasteiger partial charge in [0.1, 0.15) is 0 Å². The highest BCUT2D eigenvalue weighted by Crippen LogP contribution is 2.44. The Labute approximate surface area is 112 Å². The fourth-order valence-corrected chi connectivity index (χ4v) is 5.84. The summed E-state index contributed by atoms with van der Waals surface area (Å²) in [5.74, 6) is 4.33. The molecule has 0 radical (unpaired) electrons. The standard InChI is InChI=1S/C17H29N/c1-2-12-6-13(3-1)9-16(8-12)18-17-10-14-4-5-15(7-14)11-17/h12-18H,1-11H2. The Morgan fingerprint density at radius 1 is 0.500 bits per heavy atom. The smallest absolute Gasteiger partial charge is 0.00749 e. The SMILES string of the molecule is C1CC2CC(C1)CC(NC1CC3CCC(C3)C1)C2. The molecule has 18 heavy (non-hydrogen) atoms. The van der Waals surface area contributed by atoms with E-state index in [0.29, 0.717) is 0 Å². The molecule has 0 heterocycles. The van der Waals surface area contributed by atoms with E-state index in [1.54, 1.807) is 25.7 Å². The fraction of sp³-hybridized carbons (Fsp3) is 1.00. The van der Waals surface area contributed by atoms with Crippen LogP contribution in [0.2, 0.25) is 0 Å². The van der Waals surface area contributed by atoms with E-state index in [1.807, 2.05) is 0 Å². The van der Waals surface area contributed by atoms with E-state index >= 15 is 0 Å². The predicted molar refractivity (Wildman–Crippen MR) is 75.5 cm³/mol. The largest absolute Gasteiger partial charge is 0.311 e. The average Bonchev–Trinajstić information content (AvgIpc) is 2.68. The fourth-order valence-electron chi connectivity index (χ4n) is 5.84. The topological polar surface area (TPSA) is 12.0 Å². The zero-order chi connectivity index (χ0) is 11.9. The van der Waals surface area contributed by atoms with Gasteiger partial charge in [0, 0.05) is 12.1 Å². The van der Waals surface area contributed by atoms with Crippen LogP contribution in [0.1, 0.15) is 70.6 Å². The van der Waals surface area contributed by atoms with Crippen LogP contribution in [0.15, 0.2) is 0 Å². The molecular weight excluding hydrogens is 218 g/mol. The lowest BCUT2D eigenvalue weighted by Crippen LogP contribution is -2.46. The van der Waals surface area contributed by atoms with Crippen LogP contribution in [0.4, 0.5) is 0 Å². The number of fused-ring (bicyclic) bond motifs is 4. The van der Waals surface area contributed by atoms with Gasteiger partial charge < -0.3 is 5.32 Å². The number of nitrogens with one attached hydrogen (secondary N) is 1. The summed E-state index contributed by atoms with van der Waals surface area (Å²) in [4.78, 5) is 0. The molecule has 4 aliphatic rings. The van der Waals surface area contributed by atoms with Gasteiger partial charge in [-0.05, 0) is 62.2 Å². The molecule has 4 rings (SSSR count). The van der Waals surface area contributed by atoms with Gasteiger partial charge in [-0.25, -0.2) is 0 Å². The first-order valence-corrected chi connectivity index (χ1v) is 8.61. The molecule has 0 saturated heterocycles. The van der Waals surface area contributed by atoms with Crippen molar-refractivity contribution in [2.45, 2.75) is 82.7 Å². The molecule has 4 bridgehead atoms. The Balaban J connectivity index is 1.34. The molecule has 0 aliphatic heterocycles. The third kappa shape index (κ3) is 2.35. The van der Waals surface area contributed by atoms with E-state index in [2.05, 4.69) is 5.32 Å². The van der Waals surface area contributed by atoms with E-state index in [9.17, 15) is 0 Å². The van der Waals surface area contributed by atoms with E-state index < -0.39 is 0 Å². The number of rotatable bonds is 2. The van der Waals surface area contributed by atoms with E-state index in [1.165, 1.54) is 44.9 Å². The third-order valence-electron chi connectivity index (χ3n) is 6.48. The Morgan fingerprint density at radius 2 is 0.944 bits per heavy atom. The second-order valence-corrected chi connectivity index (χ2v) is 7.95. The van der Waals surface area contributed by atoms with Crippen molar-refractivity contribution in [1.82, 2.24) is 5.32 Å². The Morgan fingerprint density at radius 3 is 1.44 bits per heavy atom. The Bertz CT molecular complexity index is 276. The zero-order valence-corrected chi connectivity index (χ0v) is 11.7. The van der Waals surface area contributed by atoms with Gasteiger partial charge in [0.05, 0.1) is 0 Å². The molecule has 0 amide bonds. The first-order valence-electron chi connectivity index (χ1n) is 8.61. The van der Waals surface area contributed by atoms with Crippen molar-refractivity contribution in [3.8, 4) is 0 Å². The monoisotopic (exact) mass is 247 g/mol. The zero-order valence-electron chi connectivity index (χ0n) is 11.7. The van der Waals surface area contributed by atoms with E-state index in [0.717, 1.165) is 35.8 Å². The minimum absolute atomic E-state index is 0.886. The van der Waals surface area contributed by atoms with Crippen LogP contribution in [0.25, 0.3) is 0 Å². The van der Waals surface area contributed by atoms with Gasteiger partial charge in [0.2, 0.25) is 0 Å². The molecule has 1 nitrogen and oxygen atoms in total. The quantitative estimate of drug-likeness (QED) is 0.774. The van der Waals surface area contributed by atoms with Crippen molar-refractivity contribution < 1.29 is 0 Å². The van der Waals surface area contributed by atoms with Gasteiger partial charge in [-0.1, -0.05) is 32.1 Å². The van der Waals surface area contributed by atoms with Gasteiger partial charge in [0.25, 0.3) is 0 Å². The normalized spacial score (nSPS) is 51.3. The predicted octanol–water partition coefficient (Wildman–Crippen LogP) is 4.12. The van der Waals surface area contributed by atoms with Crippen LogP contribution in [0.3, 0.4) is 0 Å². The first kappa shape index (κ1) is 11.8. The molecular formula is C17H29N. The molecule has 4 fully saturated rings. The van der Waals surface area contributed by atoms with Gasteiger partial charge in [0.15, 0.2) is 0 Å². The highest BCUT2D eigenvalue weighted by atomic mass is 15.0. The van der Waals surface area contributed by atoms with Crippen LogP contribution >= 0.6 is 0 Å². The Kier molecular flexibility index (Phi) is 3.14. The van der Waals surface area contributed by atoms with E-state index in [4.69, 9.17) is 0 Å². The number of hydrogen-bond donors (Lipinski definition) is 1. The molecule has 0 aromatic heterocycles. The minimum atomic E-state index is 0.886. The lowest BCUT2D eigenvalue weighted by atomic mass is 9.70. The summed E-state index contributed by atoms with van der Waals surface area (Å²) < 4.78 is 0. The highest BCUT2D eigenvalue weighted by Gasteiger charge is 2.37. The van der Waals surface area contributed by atoms with Crippen molar-refractivity contribution in [1.29, 1.82) is 0 Å². The highest BCUT2D eigenvalue weighted by molar-refractivity contribution is 4.92. The molecule has 0 aromatic rings. The minimum Gasteiger partial charge on any atom is -0.311 e. The van der Waals surface area contributed by atoms with Crippen molar-refractivity contribution in [2.75, 3.05) is 0 Å². The summed E-state index contributed by atoms with van der Waals surface area (Å²) in [5.41, 5.74) is 0. The Hall–Kier alpha value is -0.0400. The summed E-state index contributed by atoms with van der Waals surface area (Å²) in [6, 6.07) is 1.77. The van der Waals surface area contributed by atoms with Crippen molar-refractivity contribution in [3.63, 3.8) is 0 Å². The van der Waals surface area contributed by atoms with Crippen LogP contribution in [-0.4, -0.2) is 12.1 Å². The molecule has 1 N–H and O–H groups in total. The van der Waals surface area contributed by atoms with Crippen molar-refractivity contribution >= 4 is 0 Å². The molecule has 0 aromatic carbocycles. The summed E-state index contributed by atoms with van der Waals surface area (Å²) in [5, 5.41) is 4.09. The van der Waals surface area contributed by atoms with Gasteiger partial charge in [-0.3, -0.25) is 0 Å². The van der Waals surface area contributed by atoms with Gasteiger partial charge in [-0.15, -0.1) is 0 Å². The van der Waals surface area contributed by atoms with Crippen LogP contribution < -0.4 is 5.32 Å². The van der Waals surface area contributed by atoms with E-state index in [-0.39, 0.29) is 0 Å². The second-order valence-electron chi connectivity index (χ2n) is 7.95.